The second-order valence-electron chi connectivity index (χ2n) is 7.68. The van der Waals surface area contributed by atoms with Gasteiger partial charge in [0, 0.05) is 38.1 Å². The Morgan fingerprint density at radius 2 is 1.77 bits per heavy atom. The van der Waals surface area contributed by atoms with Crippen LogP contribution in [0.3, 0.4) is 0 Å². The lowest BCUT2D eigenvalue weighted by atomic mass is 10.2. The Bertz CT molecular complexity index is 932. The Hall–Kier alpha value is -3.13. The standard InChI is InChI=1S/C23H29N3O5/c1-17-13-20(18(2)26(17)14-19-7-5-4-6-8-19)23(29)31-16-22(28)24(3)15-21(27)25-9-11-30-12-10-25/h4-8,13H,9-12,14-16H2,1-3H3. The molecular weight excluding hydrogens is 398 g/mol. The summed E-state index contributed by atoms with van der Waals surface area (Å²) in [4.78, 5) is 40.2. The summed E-state index contributed by atoms with van der Waals surface area (Å²) in [5.74, 6) is -1.11. The molecule has 2 aromatic rings. The van der Waals surface area contributed by atoms with Gasteiger partial charge >= 0.3 is 5.97 Å². The van der Waals surface area contributed by atoms with E-state index in [0.29, 0.717) is 38.4 Å². The van der Waals surface area contributed by atoms with E-state index in [4.69, 9.17) is 9.47 Å². The van der Waals surface area contributed by atoms with Crippen LogP contribution in [0.25, 0.3) is 0 Å². The van der Waals surface area contributed by atoms with Gasteiger partial charge in [0.2, 0.25) is 5.91 Å². The minimum Gasteiger partial charge on any atom is -0.452 e. The highest BCUT2D eigenvalue weighted by atomic mass is 16.5. The number of amides is 2. The Morgan fingerprint density at radius 1 is 1.10 bits per heavy atom. The highest BCUT2D eigenvalue weighted by Crippen LogP contribution is 2.18. The number of nitrogens with zero attached hydrogens (tertiary/aromatic N) is 3. The summed E-state index contributed by atoms with van der Waals surface area (Å²) in [5, 5.41) is 0. The lowest BCUT2D eigenvalue weighted by Crippen LogP contribution is -2.46. The van der Waals surface area contributed by atoms with Crippen molar-refractivity contribution >= 4 is 17.8 Å². The molecule has 0 bridgehead atoms. The molecule has 31 heavy (non-hydrogen) atoms. The van der Waals surface area contributed by atoms with Crippen molar-refractivity contribution in [2.45, 2.75) is 20.4 Å². The maximum atomic E-state index is 12.6. The van der Waals surface area contributed by atoms with Crippen LogP contribution in [-0.2, 0) is 25.6 Å². The molecule has 1 aromatic heterocycles. The molecule has 0 saturated carbocycles. The van der Waals surface area contributed by atoms with Crippen LogP contribution in [0.4, 0.5) is 0 Å². The molecule has 1 saturated heterocycles. The number of likely N-dealkylation sites (N-methyl/N-ethyl adjacent to an activating group) is 1. The summed E-state index contributed by atoms with van der Waals surface area (Å²) >= 11 is 0. The number of rotatable bonds is 7. The lowest BCUT2D eigenvalue weighted by molar-refractivity contribution is -0.143. The maximum Gasteiger partial charge on any atom is 0.340 e. The molecule has 0 N–H and O–H groups in total. The van der Waals surface area contributed by atoms with Gasteiger partial charge in [-0.2, -0.15) is 0 Å². The number of benzene rings is 1. The average molecular weight is 428 g/mol. The van der Waals surface area contributed by atoms with E-state index in [1.54, 1.807) is 11.0 Å². The third kappa shape index (κ3) is 5.73. The van der Waals surface area contributed by atoms with Crippen molar-refractivity contribution in [3.8, 4) is 0 Å². The first-order chi connectivity index (χ1) is 14.9. The van der Waals surface area contributed by atoms with Crippen LogP contribution >= 0.6 is 0 Å². The smallest absolute Gasteiger partial charge is 0.340 e. The Morgan fingerprint density at radius 3 is 2.45 bits per heavy atom. The predicted molar refractivity (Wildman–Crippen MR) is 115 cm³/mol. The Balaban J connectivity index is 1.54. The van der Waals surface area contributed by atoms with Crippen molar-refractivity contribution in [2.24, 2.45) is 0 Å². The first kappa shape index (κ1) is 22.6. The van der Waals surface area contributed by atoms with Gasteiger partial charge in [-0.05, 0) is 25.5 Å². The molecular formula is C23H29N3O5. The first-order valence-corrected chi connectivity index (χ1v) is 10.3. The molecule has 1 aromatic carbocycles. The summed E-state index contributed by atoms with van der Waals surface area (Å²) in [5.41, 5.74) is 3.29. The van der Waals surface area contributed by atoms with Gasteiger partial charge in [-0.15, -0.1) is 0 Å². The zero-order chi connectivity index (χ0) is 22.4. The van der Waals surface area contributed by atoms with E-state index < -0.39 is 18.5 Å². The van der Waals surface area contributed by atoms with Gasteiger partial charge in [0.25, 0.3) is 5.91 Å². The summed E-state index contributed by atoms with van der Waals surface area (Å²) < 4.78 is 12.5. The van der Waals surface area contributed by atoms with Gasteiger partial charge in [0.1, 0.15) is 0 Å². The fourth-order valence-corrected chi connectivity index (χ4v) is 3.54. The monoisotopic (exact) mass is 427 g/mol. The predicted octanol–water partition coefficient (Wildman–Crippen LogP) is 1.63. The largest absolute Gasteiger partial charge is 0.452 e. The normalized spacial score (nSPS) is 13.7. The molecule has 3 rings (SSSR count). The molecule has 0 radical (unpaired) electrons. The third-order valence-corrected chi connectivity index (χ3v) is 5.47. The van der Waals surface area contributed by atoms with Crippen LogP contribution in [0, 0.1) is 13.8 Å². The number of carbonyl (C=O) groups excluding carboxylic acids is 3. The number of hydrogen-bond donors (Lipinski definition) is 0. The van der Waals surface area contributed by atoms with Crippen LogP contribution in [0.5, 0.6) is 0 Å². The second-order valence-corrected chi connectivity index (χ2v) is 7.68. The molecule has 8 heteroatoms. The van der Waals surface area contributed by atoms with Crippen molar-refractivity contribution < 1.29 is 23.9 Å². The van der Waals surface area contributed by atoms with E-state index in [0.717, 1.165) is 17.0 Å². The molecule has 1 fully saturated rings. The molecule has 8 nitrogen and oxygen atoms in total. The minimum absolute atomic E-state index is 0.0536. The fourth-order valence-electron chi connectivity index (χ4n) is 3.54. The number of aromatic nitrogens is 1. The number of aryl methyl sites for hydroxylation is 1. The second kappa shape index (κ2) is 10.3. The summed E-state index contributed by atoms with van der Waals surface area (Å²) in [6.45, 7) is 6.04. The SMILES string of the molecule is Cc1cc(C(=O)OCC(=O)N(C)CC(=O)N2CCOCC2)c(C)n1Cc1ccccc1. The highest BCUT2D eigenvalue weighted by molar-refractivity contribution is 5.93. The van der Waals surface area contributed by atoms with Gasteiger partial charge in [0.05, 0.1) is 25.3 Å². The van der Waals surface area contributed by atoms with Crippen molar-refractivity contribution in [1.29, 1.82) is 0 Å². The molecule has 1 aliphatic rings. The average Bonchev–Trinajstić information content (AvgIpc) is 3.06. The number of morpholine rings is 1. The molecule has 0 aliphatic carbocycles. The van der Waals surface area contributed by atoms with Gasteiger partial charge in [-0.1, -0.05) is 30.3 Å². The van der Waals surface area contributed by atoms with Crippen molar-refractivity contribution in [1.82, 2.24) is 14.4 Å². The lowest BCUT2D eigenvalue weighted by Gasteiger charge is -2.28. The van der Waals surface area contributed by atoms with E-state index in [2.05, 4.69) is 0 Å². The molecule has 0 spiro atoms. The van der Waals surface area contributed by atoms with Crippen LogP contribution < -0.4 is 0 Å². The Kier molecular flexibility index (Phi) is 7.46. The van der Waals surface area contributed by atoms with E-state index >= 15 is 0 Å². The van der Waals surface area contributed by atoms with E-state index in [1.807, 2.05) is 48.7 Å². The topological polar surface area (TPSA) is 81.1 Å². The van der Waals surface area contributed by atoms with Crippen LogP contribution in [-0.4, -0.2) is 78.7 Å². The first-order valence-electron chi connectivity index (χ1n) is 10.3. The zero-order valence-corrected chi connectivity index (χ0v) is 18.3. The van der Waals surface area contributed by atoms with Gasteiger partial charge in [0.15, 0.2) is 6.61 Å². The number of esters is 1. The van der Waals surface area contributed by atoms with Gasteiger partial charge < -0.3 is 23.8 Å². The van der Waals surface area contributed by atoms with Crippen molar-refractivity contribution in [2.75, 3.05) is 46.5 Å². The van der Waals surface area contributed by atoms with Crippen LogP contribution in [0.1, 0.15) is 27.3 Å². The van der Waals surface area contributed by atoms with Gasteiger partial charge in [-0.25, -0.2) is 4.79 Å². The molecule has 166 valence electrons. The van der Waals surface area contributed by atoms with Crippen molar-refractivity contribution in [3.05, 3.63) is 58.9 Å². The van der Waals surface area contributed by atoms with Crippen LogP contribution in [0.2, 0.25) is 0 Å². The quantitative estimate of drug-likeness (QED) is 0.628. The highest BCUT2D eigenvalue weighted by Gasteiger charge is 2.22. The molecule has 0 atom stereocenters. The number of hydrogen-bond acceptors (Lipinski definition) is 5. The molecule has 0 unspecified atom stereocenters. The Labute approximate surface area is 182 Å². The van der Waals surface area contributed by atoms with E-state index in [1.165, 1.54) is 11.9 Å². The van der Waals surface area contributed by atoms with E-state index in [9.17, 15) is 14.4 Å². The van der Waals surface area contributed by atoms with Crippen molar-refractivity contribution in [3.63, 3.8) is 0 Å². The fraction of sp³-hybridized carbons (Fsp3) is 0.435. The minimum atomic E-state index is -0.548. The number of carbonyl (C=O) groups is 3. The number of ether oxygens (including phenoxy) is 2. The summed E-state index contributed by atoms with van der Waals surface area (Å²) in [6.07, 6.45) is 0. The third-order valence-electron chi connectivity index (χ3n) is 5.47. The summed E-state index contributed by atoms with van der Waals surface area (Å²) in [7, 11) is 1.53. The zero-order valence-electron chi connectivity index (χ0n) is 18.3. The molecule has 1 aliphatic heterocycles. The molecule has 2 heterocycles. The van der Waals surface area contributed by atoms with Gasteiger partial charge in [-0.3, -0.25) is 9.59 Å². The summed E-state index contributed by atoms with van der Waals surface area (Å²) in [6, 6.07) is 11.8. The van der Waals surface area contributed by atoms with E-state index in [-0.39, 0.29) is 12.5 Å². The maximum absolute atomic E-state index is 12.6. The molecule has 2 amide bonds. The van der Waals surface area contributed by atoms with Crippen LogP contribution in [0.15, 0.2) is 36.4 Å².